The molecule has 0 bridgehead atoms. The van der Waals surface area contributed by atoms with Gasteiger partial charge in [-0.15, -0.1) is 0 Å². The van der Waals surface area contributed by atoms with E-state index in [1.54, 1.807) is 29.2 Å². The van der Waals surface area contributed by atoms with Gasteiger partial charge in [0.25, 0.3) is 11.7 Å². The van der Waals surface area contributed by atoms with Crippen LogP contribution in [0.2, 0.25) is 0 Å². The Kier molecular flexibility index (Phi) is 9.56. The molecule has 2 fully saturated rings. The molecule has 1 amide bonds. The van der Waals surface area contributed by atoms with Crippen molar-refractivity contribution in [1.29, 1.82) is 0 Å². The third-order valence-electron chi connectivity index (χ3n) is 7.46. The van der Waals surface area contributed by atoms with Gasteiger partial charge in [0.2, 0.25) is 0 Å². The molecule has 2 aliphatic heterocycles. The van der Waals surface area contributed by atoms with Crippen molar-refractivity contribution < 1.29 is 28.9 Å². The highest BCUT2D eigenvalue weighted by molar-refractivity contribution is 6.46. The van der Waals surface area contributed by atoms with Crippen molar-refractivity contribution in [2.75, 3.05) is 46.0 Å². The Morgan fingerprint density at radius 3 is 2.19 bits per heavy atom. The molecule has 1 unspecified atom stereocenters. The fourth-order valence-electron chi connectivity index (χ4n) is 5.15. The minimum atomic E-state index is -0.730. The summed E-state index contributed by atoms with van der Waals surface area (Å²) in [5.41, 5.74) is 2.31. The summed E-state index contributed by atoms with van der Waals surface area (Å²) in [6.07, 6.45) is 0. The molecule has 1 N–H and O–H groups in total. The van der Waals surface area contributed by atoms with Crippen LogP contribution < -0.4 is 9.47 Å². The highest BCUT2D eigenvalue weighted by Crippen LogP contribution is 2.40. The summed E-state index contributed by atoms with van der Waals surface area (Å²) in [6.45, 7) is 8.92. The van der Waals surface area contributed by atoms with Crippen molar-refractivity contribution in [3.05, 3.63) is 101 Å². The fourth-order valence-corrected chi connectivity index (χ4v) is 5.15. The van der Waals surface area contributed by atoms with Gasteiger partial charge in [0.05, 0.1) is 31.4 Å². The number of amides is 1. The van der Waals surface area contributed by atoms with Gasteiger partial charge >= 0.3 is 0 Å². The fraction of sp³-hybridized carbons (Fsp3) is 0.353. The second-order valence-corrected chi connectivity index (χ2v) is 11.0. The van der Waals surface area contributed by atoms with E-state index in [-0.39, 0.29) is 11.3 Å². The number of nitrogens with zero attached hydrogens (tertiary/aromatic N) is 2. The van der Waals surface area contributed by atoms with Gasteiger partial charge < -0.3 is 24.2 Å². The van der Waals surface area contributed by atoms with Gasteiger partial charge in [0, 0.05) is 31.7 Å². The van der Waals surface area contributed by atoms with Gasteiger partial charge in [-0.3, -0.25) is 14.5 Å². The molecule has 0 aliphatic carbocycles. The number of rotatable bonds is 11. The van der Waals surface area contributed by atoms with E-state index >= 15 is 0 Å². The first kappa shape index (κ1) is 29.4. The molecule has 220 valence electrons. The molecule has 0 aromatic heterocycles. The van der Waals surface area contributed by atoms with Gasteiger partial charge in [-0.2, -0.15) is 0 Å². The van der Waals surface area contributed by atoms with Crippen LogP contribution in [0.15, 0.2) is 84.4 Å². The number of morpholine rings is 1. The minimum Gasteiger partial charge on any atom is -0.507 e. The Labute approximate surface area is 247 Å². The molecule has 5 rings (SSSR count). The van der Waals surface area contributed by atoms with Crippen molar-refractivity contribution in [3.8, 4) is 11.5 Å². The van der Waals surface area contributed by atoms with Crippen molar-refractivity contribution in [3.63, 3.8) is 0 Å². The smallest absolute Gasteiger partial charge is 0.295 e. The number of aliphatic hydroxyl groups excluding tert-OH is 1. The van der Waals surface area contributed by atoms with E-state index in [2.05, 4.69) is 18.7 Å². The highest BCUT2D eigenvalue weighted by atomic mass is 16.5. The predicted molar refractivity (Wildman–Crippen MR) is 160 cm³/mol. The number of ether oxygens (including phenoxy) is 3. The monoisotopic (exact) mass is 570 g/mol. The molecule has 3 aromatic rings. The first-order chi connectivity index (χ1) is 20.4. The maximum atomic E-state index is 13.4. The van der Waals surface area contributed by atoms with E-state index in [0.29, 0.717) is 62.5 Å². The lowest BCUT2D eigenvalue weighted by Gasteiger charge is -2.31. The van der Waals surface area contributed by atoms with Crippen LogP contribution in [0.5, 0.6) is 11.5 Å². The molecule has 8 heteroatoms. The number of benzene rings is 3. The normalized spacial score (nSPS) is 18.9. The van der Waals surface area contributed by atoms with Crippen LogP contribution in [0, 0.1) is 5.92 Å². The number of ketones is 1. The first-order valence-electron chi connectivity index (χ1n) is 14.5. The van der Waals surface area contributed by atoms with Gasteiger partial charge in [-0.05, 0) is 53.4 Å². The number of hydrogen-bond donors (Lipinski definition) is 1. The van der Waals surface area contributed by atoms with Crippen LogP contribution in [0.25, 0.3) is 5.76 Å². The minimum absolute atomic E-state index is 0.0794. The lowest BCUT2D eigenvalue weighted by Crippen LogP contribution is -2.42. The maximum absolute atomic E-state index is 13.4. The van der Waals surface area contributed by atoms with E-state index in [1.165, 1.54) is 0 Å². The zero-order valence-electron chi connectivity index (χ0n) is 24.2. The average Bonchev–Trinajstić information content (AvgIpc) is 3.28. The average molecular weight is 571 g/mol. The Hall–Kier alpha value is -4.14. The maximum Gasteiger partial charge on any atom is 0.295 e. The Balaban J connectivity index is 1.42. The largest absolute Gasteiger partial charge is 0.507 e. The number of likely N-dealkylation sites (tertiary alicyclic amines) is 1. The number of aliphatic hydroxyl groups is 1. The number of hydrogen-bond acceptors (Lipinski definition) is 7. The Morgan fingerprint density at radius 1 is 0.881 bits per heavy atom. The Bertz CT molecular complexity index is 1380. The van der Waals surface area contributed by atoms with Crippen LogP contribution >= 0.6 is 0 Å². The van der Waals surface area contributed by atoms with Crippen molar-refractivity contribution in [2.45, 2.75) is 26.5 Å². The summed E-state index contributed by atoms with van der Waals surface area (Å²) in [5.74, 6) is 0.215. The standard InChI is InChI=1S/C34H38N2O6/c1-24(2)22-41-28-14-10-27(11-15-28)32(37)30-31(36(34(39)33(30)38)17-16-35-18-20-40-21-19-35)26-8-12-29(13-9-26)42-23-25-6-4-3-5-7-25/h3-15,24,31,37H,16-23H2,1-2H3/b32-30+. The number of Topliss-reactive ketones (excluding diaryl/α,β-unsaturated/α-hetero) is 1. The number of carbonyl (C=O) groups excluding carboxylic acids is 2. The van der Waals surface area contributed by atoms with Gasteiger partial charge in [-0.25, -0.2) is 0 Å². The van der Waals surface area contributed by atoms with E-state index in [0.717, 1.165) is 24.2 Å². The first-order valence-corrected chi connectivity index (χ1v) is 14.5. The van der Waals surface area contributed by atoms with Crippen LogP contribution in [0.4, 0.5) is 0 Å². The van der Waals surface area contributed by atoms with E-state index in [1.807, 2.05) is 54.6 Å². The third-order valence-corrected chi connectivity index (χ3v) is 7.46. The summed E-state index contributed by atoms with van der Waals surface area (Å²) in [7, 11) is 0. The molecular weight excluding hydrogens is 532 g/mol. The molecule has 1 atom stereocenters. The van der Waals surface area contributed by atoms with E-state index in [9.17, 15) is 14.7 Å². The number of carbonyl (C=O) groups is 2. The lowest BCUT2D eigenvalue weighted by atomic mass is 9.95. The predicted octanol–water partition coefficient (Wildman–Crippen LogP) is 5.05. The molecule has 2 aliphatic rings. The molecule has 0 saturated carbocycles. The topological polar surface area (TPSA) is 88.5 Å². The second-order valence-electron chi connectivity index (χ2n) is 11.0. The van der Waals surface area contributed by atoms with Crippen LogP contribution in [0.1, 0.15) is 36.6 Å². The third kappa shape index (κ3) is 7.01. The molecule has 2 heterocycles. The van der Waals surface area contributed by atoms with Crippen molar-refractivity contribution in [2.24, 2.45) is 5.92 Å². The van der Waals surface area contributed by atoms with Gasteiger partial charge in [0.1, 0.15) is 23.9 Å². The Morgan fingerprint density at radius 2 is 1.52 bits per heavy atom. The summed E-state index contributed by atoms with van der Waals surface area (Å²) >= 11 is 0. The lowest BCUT2D eigenvalue weighted by molar-refractivity contribution is -0.140. The zero-order valence-corrected chi connectivity index (χ0v) is 24.2. The van der Waals surface area contributed by atoms with Gasteiger partial charge in [-0.1, -0.05) is 56.3 Å². The van der Waals surface area contributed by atoms with Crippen molar-refractivity contribution >= 4 is 17.4 Å². The van der Waals surface area contributed by atoms with E-state index in [4.69, 9.17) is 14.2 Å². The summed E-state index contributed by atoms with van der Waals surface area (Å²) < 4.78 is 17.2. The highest BCUT2D eigenvalue weighted by Gasteiger charge is 2.46. The van der Waals surface area contributed by atoms with Crippen LogP contribution in [0.3, 0.4) is 0 Å². The van der Waals surface area contributed by atoms with Crippen LogP contribution in [-0.2, 0) is 20.9 Å². The molecular formula is C34H38N2O6. The molecule has 2 saturated heterocycles. The molecule has 0 radical (unpaired) electrons. The van der Waals surface area contributed by atoms with Crippen molar-refractivity contribution in [1.82, 2.24) is 9.80 Å². The summed E-state index contributed by atoms with van der Waals surface area (Å²) in [6, 6.07) is 23.5. The molecule has 3 aromatic carbocycles. The van der Waals surface area contributed by atoms with Gasteiger partial charge in [0.15, 0.2) is 0 Å². The van der Waals surface area contributed by atoms with Crippen LogP contribution in [-0.4, -0.2) is 72.6 Å². The zero-order chi connectivity index (χ0) is 29.5. The summed E-state index contributed by atoms with van der Waals surface area (Å²) in [4.78, 5) is 30.6. The van der Waals surface area contributed by atoms with E-state index < -0.39 is 17.7 Å². The molecule has 42 heavy (non-hydrogen) atoms. The SMILES string of the molecule is CC(C)COc1ccc(/C(O)=C2\C(=O)C(=O)N(CCN3CCOCC3)C2c2ccc(OCc3ccccc3)cc2)cc1. The molecule has 8 nitrogen and oxygen atoms in total. The second kappa shape index (κ2) is 13.7. The quantitative estimate of drug-likeness (QED) is 0.196. The molecule has 0 spiro atoms. The summed E-state index contributed by atoms with van der Waals surface area (Å²) in [5, 5.41) is 11.4.